The van der Waals surface area contributed by atoms with Crippen LogP contribution in [-0.2, 0) is 4.79 Å². The Morgan fingerprint density at radius 1 is 1.15 bits per heavy atom. The molecule has 1 atom stereocenters. The number of halogens is 1. The molecule has 2 aromatic rings. The summed E-state index contributed by atoms with van der Waals surface area (Å²) in [5.74, 6) is 0.739. The lowest BCUT2D eigenvalue weighted by Gasteiger charge is -2.28. The number of methoxy groups -OCH3 is 1. The van der Waals surface area contributed by atoms with Crippen LogP contribution in [0.15, 0.2) is 48.5 Å². The van der Waals surface area contributed by atoms with Crippen molar-refractivity contribution >= 4 is 5.91 Å². The minimum Gasteiger partial charge on any atom is -0.497 e. The van der Waals surface area contributed by atoms with Gasteiger partial charge in [0.1, 0.15) is 17.3 Å². The molecule has 6 heteroatoms. The van der Waals surface area contributed by atoms with Gasteiger partial charge in [-0.2, -0.15) is 0 Å². The molecule has 0 aliphatic carbocycles. The van der Waals surface area contributed by atoms with Crippen LogP contribution in [0.3, 0.4) is 0 Å². The Bertz CT molecular complexity index is 745. The summed E-state index contributed by atoms with van der Waals surface area (Å²) in [5, 5.41) is 2.96. The Morgan fingerprint density at radius 3 is 2.59 bits per heavy atom. The maximum absolute atomic E-state index is 12.9. The van der Waals surface area contributed by atoms with E-state index in [1.165, 1.54) is 37.1 Å². The topological polar surface area (TPSA) is 50.8 Å². The highest BCUT2D eigenvalue weighted by molar-refractivity contribution is 5.77. The molecule has 144 valence electrons. The summed E-state index contributed by atoms with van der Waals surface area (Å²) in [6.07, 6.45) is 2.34. The maximum atomic E-state index is 12.9. The Morgan fingerprint density at radius 2 is 1.89 bits per heavy atom. The average molecular weight is 372 g/mol. The summed E-state index contributed by atoms with van der Waals surface area (Å²) in [4.78, 5) is 14.6. The van der Waals surface area contributed by atoms with Gasteiger partial charge in [-0.05, 0) is 67.9 Å². The van der Waals surface area contributed by atoms with Crippen molar-refractivity contribution in [2.75, 3.05) is 33.4 Å². The Kier molecular flexibility index (Phi) is 6.65. The molecule has 0 aromatic heterocycles. The molecule has 1 aliphatic heterocycles. The van der Waals surface area contributed by atoms with E-state index in [1.807, 2.05) is 18.2 Å². The van der Waals surface area contributed by atoms with E-state index >= 15 is 0 Å². The first-order valence-electron chi connectivity index (χ1n) is 9.19. The fourth-order valence-electron chi connectivity index (χ4n) is 3.30. The summed E-state index contributed by atoms with van der Waals surface area (Å²) in [5.41, 5.74) is 1.12. The van der Waals surface area contributed by atoms with E-state index in [-0.39, 0.29) is 24.4 Å². The smallest absolute Gasteiger partial charge is 0.258 e. The van der Waals surface area contributed by atoms with Crippen LogP contribution in [0.1, 0.15) is 24.4 Å². The van der Waals surface area contributed by atoms with E-state index in [1.54, 1.807) is 7.11 Å². The number of likely N-dealkylation sites (tertiary alicyclic amines) is 1. The zero-order chi connectivity index (χ0) is 19.1. The van der Waals surface area contributed by atoms with Gasteiger partial charge < -0.3 is 14.8 Å². The molecule has 1 unspecified atom stereocenters. The zero-order valence-corrected chi connectivity index (χ0v) is 15.5. The van der Waals surface area contributed by atoms with E-state index in [2.05, 4.69) is 16.3 Å². The minimum absolute atomic E-state index is 0.0948. The van der Waals surface area contributed by atoms with Gasteiger partial charge in [-0.1, -0.05) is 12.1 Å². The van der Waals surface area contributed by atoms with E-state index in [0.29, 0.717) is 12.3 Å². The number of hydrogen-bond donors (Lipinski definition) is 1. The van der Waals surface area contributed by atoms with Gasteiger partial charge in [-0.15, -0.1) is 0 Å². The van der Waals surface area contributed by atoms with E-state index in [9.17, 15) is 9.18 Å². The third kappa shape index (κ3) is 5.44. The molecule has 0 radical (unpaired) electrons. The van der Waals surface area contributed by atoms with Crippen molar-refractivity contribution in [2.45, 2.75) is 18.9 Å². The van der Waals surface area contributed by atoms with E-state index in [0.717, 1.165) is 24.4 Å². The van der Waals surface area contributed by atoms with Crippen LogP contribution in [0.4, 0.5) is 4.39 Å². The molecule has 3 rings (SSSR count). The zero-order valence-electron chi connectivity index (χ0n) is 15.5. The lowest BCUT2D eigenvalue weighted by Crippen LogP contribution is -2.38. The van der Waals surface area contributed by atoms with Crippen LogP contribution in [0.2, 0.25) is 0 Å². The molecule has 1 amide bonds. The average Bonchev–Trinajstić information content (AvgIpc) is 3.22. The van der Waals surface area contributed by atoms with Gasteiger partial charge in [0, 0.05) is 6.54 Å². The van der Waals surface area contributed by atoms with Gasteiger partial charge >= 0.3 is 0 Å². The Hall–Kier alpha value is -2.60. The number of amides is 1. The van der Waals surface area contributed by atoms with Crippen LogP contribution in [0.5, 0.6) is 11.5 Å². The van der Waals surface area contributed by atoms with Crippen molar-refractivity contribution in [2.24, 2.45) is 0 Å². The molecular formula is C21H25FN2O3. The van der Waals surface area contributed by atoms with E-state index in [4.69, 9.17) is 9.47 Å². The second-order valence-corrected chi connectivity index (χ2v) is 6.58. The summed E-state index contributed by atoms with van der Waals surface area (Å²) < 4.78 is 23.7. The summed E-state index contributed by atoms with van der Waals surface area (Å²) in [6, 6.07) is 13.7. The first-order chi connectivity index (χ1) is 13.2. The van der Waals surface area contributed by atoms with Gasteiger partial charge in [-0.25, -0.2) is 4.39 Å². The van der Waals surface area contributed by atoms with Crippen LogP contribution in [0.25, 0.3) is 0 Å². The third-order valence-corrected chi connectivity index (χ3v) is 4.74. The first-order valence-corrected chi connectivity index (χ1v) is 9.19. The number of hydrogen-bond acceptors (Lipinski definition) is 4. The highest BCUT2D eigenvalue weighted by Crippen LogP contribution is 2.27. The SMILES string of the molecule is COc1cccc(C(CNC(=O)COc2ccc(F)cc2)N2CCCC2)c1. The van der Waals surface area contributed by atoms with Crippen molar-refractivity contribution in [1.29, 1.82) is 0 Å². The lowest BCUT2D eigenvalue weighted by molar-refractivity contribution is -0.123. The second kappa shape index (κ2) is 9.37. The summed E-state index contributed by atoms with van der Waals surface area (Å²) in [6.45, 7) is 2.43. The van der Waals surface area contributed by atoms with E-state index < -0.39 is 0 Å². The molecule has 1 heterocycles. The molecule has 2 aromatic carbocycles. The number of nitrogens with one attached hydrogen (secondary N) is 1. The molecule has 5 nitrogen and oxygen atoms in total. The normalized spacial score (nSPS) is 15.3. The number of carbonyl (C=O) groups is 1. The Labute approximate surface area is 159 Å². The van der Waals surface area contributed by atoms with Crippen molar-refractivity contribution < 1.29 is 18.7 Å². The van der Waals surface area contributed by atoms with Gasteiger partial charge in [0.2, 0.25) is 0 Å². The first kappa shape index (κ1) is 19.2. The fraction of sp³-hybridized carbons (Fsp3) is 0.381. The standard InChI is InChI=1S/C21H25FN2O3/c1-26-19-6-4-5-16(13-19)20(24-11-2-3-12-24)14-23-21(25)15-27-18-9-7-17(22)8-10-18/h4-10,13,20H,2-3,11-12,14-15H2,1H3,(H,23,25). The maximum Gasteiger partial charge on any atom is 0.258 e. The van der Waals surface area contributed by atoms with Crippen molar-refractivity contribution in [3.05, 3.63) is 59.9 Å². The van der Waals surface area contributed by atoms with Crippen LogP contribution in [0, 0.1) is 5.82 Å². The van der Waals surface area contributed by atoms with Gasteiger partial charge in [0.25, 0.3) is 5.91 Å². The van der Waals surface area contributed by atoms with Crippen molar-refractivity contribution in [3.8, 4) is 11.5 Å². The molecule has 27 heavy (non-hydrogen) atoms. The molecule has 0 spiro atoms. The molecule has 1 N–H and O–H groups in total. The predicted molar refractivity (Wildman–Crippen MR) is 101 cm³/mol. The number of nitrogens with zero attached hydrogens (tertiary/aromatic N) is 1. The third-order valence-electron chi connectivity index (χ3n) is 4.74. The second-order valence-electron chi connectivity index (χ2n) is 6.58. The number of benzene rings is 2. The summed E-state index contributed by atoms with van der Waals surface area (Å²) in [7, 11) is 1.65. The molecule has 0 saturated carbocycles. The van der Waals surface area contributed by atoms with Crippen molar-refractivity contribution in [1.82, 2.24) is 10.2 Å². The molecule has 0 bridgehead atoms. The minimum atomic E-state index is -0.335. The Balaban J connectivity index is 1.58. The van der Waals surface area contributed by atoms with Crippen LogP contribution < -0.4 is 14.8 Å². The number of rotatable bonds is 8. The fourth-order valence-corrected chi connectivity index (χ4v) is 3.30. The van der Waals surface area contributed by atoms with Crippen molar-refractivity contribution in [3.63, 3.8) is 0 Å². The predicted octanol–water partition coefficient (Wildman–Crippen LogP) is 3.17. The number of ether oxygens (including phenoxy) is 2. The van der Waals surface area contributed by atoms with Crippen LogP contribution in [-0.4, -0.2) is 44.2 Å². The molecule has 1 aliphatic rings. The molecule has 1 fully saturated rings. The quantitative estimate of drug-likeness (QED) is 0.773. The van der Waals surface area contributed by atoms with Crippen LogP contribution >= 0.6 is 0 Å². The monoisotopic (exact) mass is 372 g/mol. The summed E-state index contributed by atoms with van der Waals surface area (Å²) >= 11 is 0. The highest BCUT2D eigenvalue weighted by atomic mass is 19.1. The lowest BCUT2D eigenvalue weighted by atomic mass is 10.0. The van der Waals surface area contributed by atoms with Gasteiger partial charge in [0.15, 0.2) is 6.61 Å². The molecule has 1 saturated heterocycles. The van der Waals surface area contributed by atoms with Gasteiger partial charge in [0.05, 0.1) is 13.2 Å². The highest BCUT2D eigenvalue weighted by Gasteiger charge is 2.24. The van der Waals surface area contributed by atoms with Gasteiger partial charge in [-0.3, -0.25) is 9.69 Å². The molecular weight excluding hydrogens is 347 g/mol. The largest absolute Gasteiger partial charge is 0.497 e. The number of carbonyl (C=O) groups excluding carboxylic acids is 1.